The third kappa shape index (κ3) is 9.72. The van der Waals surface area contributed by atoms with Gasteiger partial charge in [-0.05, 0) is 182 Å². The molecule has 17 rings (SSSR count). The summed E-state index contributed by atoms with van der Waals surface area (Å²) in [5, 5.41) is 9.89. The van der Waals surface area contributed by atoms with Crippen molar-refractivity contribution in [1.29, 1.82) is 0 Å². The van der Waals surface area contributed by atoms with Crippen molar-refractivity contribution in [3.05, 3.63) is 360 Å². The van der Waals surface area contributed by atoms with Gasteiger partial charge in [0.1, 0.15) is 0 Å². The average molecular weight is 1200 g/mol. The molecule has 15 aromatic carbocycles. The van der Waals surface area contributed by atoms with E-state index in [1.807, 2.05) is 0 Å². The molecule has 0 unspecified atom stereocenters. The summed E-state index contributed by atoms with van der Waals surface area (Å²) in [5.41, 5.74) is 26.5. The Hall–Kier alpha value is -11.6. The molecule has 2 heteroatoms. The number of anilines is 6. The third-order valence-corrected chi connectivity index (χ3v) is 20.2. The molecule has 94 heavy (non-hydrogen) atoms. The molecule has 0 aromatic heterocycles. The van der Waals surface area contributed by atoms with Crippen LogP contribution in [0.25, 0.3) is 112 Å². The van der Waals surface area contributed by atoms with Gasteiger partial charge in [-0.3, -0.25) is 0 Å². The maximum Gasteiger partial charge on any atom is 0.0540 e. The van der Waals surface area contributed by atoms with Crippen LogP contribution in [-0.2, 0) is 10.8 Å². The highest BCUT2D eigenvalue weighted by molar-refractivity contribution is 6.03. The molecule has 2 aliphatic rings. The Bertz CT molecular complexity index is 5180. The molecule has 0 heterocycles. The van der Waals surface area contributed by atoms with E-state index >= 15 is 0 Å². The smallest absolute Gasteiger partial charge is 0.0540 e. The van der Waals surface area contributed by atoms with E-state index in [0.717, 1.165) is 45.3 Å². The van der Waals surface area contributed by atoms with Crippen molar-refractivity contribution in [2.75, 3.05) is 9.80 Å². The predicted octanol–water partition coefficient (Wildman–Crippen LogP) is 25.5. The Morgan fingerprint density at radius 3 is 0.904 bits per heavy atom. The molecule has 0 saturated heterocycles. The summed E-state index contributed by atoms with van der Waals surface area (Å²) in [5.74, 6) is 0. The van der Waals surface area contributed by atoms with Gasteiger partial charge >= 0.3 is 0 Å². The maximum atomic E-state index is 2.45. The summed E-state index contributed by atoms with van der Waals surface area (Å²) in [6, 6.07) is 117. The van der Waals surface area contributed by atoms with E-state index in [9.17, 15) is 0 Å². The lowest BCUT2D eigenvalue weighted by molar-refractivity contribution is 0.660. The van der Waals surface area contributed by atoms with Crippen LogP contribution in [-0.4, -0.2) is 0 Å². The van der Waals surface area contributed by atoms with Gasteiger partial charge in [-0.1, -0.05) is 307 Å². The van der Waals surface area contributed by atoms with E-state index in [2.05, 4.69) is 377 Å². The normalized spacial score (nSPS) is 13.4. The summed E-state index contributed by atoms with van der Waals surface area (Å²) in [6.07, 6.45) is 9.01. The van der Waals surface area contributed by atoms with Crippen LogP contribution < -0.4 is 9.80 Å². The van der Waals surface area contributed by atoms with Gasteiger partial charge in [0.15, 0.2) is 0 Å². The van der Waals surface area contributed by atoms with Crippen LogP contribution >= 0.6 is 0 Å². The molecule has 2 nitrogen and oxygen atoms in total. The summed E-state index contributed by atoms with van der Waals surface area (Å²) in [7, 11) is 0. The zero-order valence-electron chi connectivity index (χ0n) is 53.2. The molecule has 0 spiro atoms. The molecule has 0 N–H and O–H groups in total. The molecule has 0 bridgehead atoms. The molecule has 0 saturated carbocycles. The minimum atomic E-state index is -0.224. The standard InChI is InChI=1S/C92H68N2/c1-91(2)85-57-63(41-53-81(85)83-55-51-73(59-87(83)91)93(89-31-15-23-67-19-7-11-27-79(67)89)71-47-43-69(44-48-71)77-29-13-21-65-17-5-9-25-75(65)77)39-37-61-33-35-62(36-34-61)38-40-64-42-54-82-84-56-52-74(60-88(84)92(3,4)86(82)58-64)94(90-32-16-24-68-20-8-12-28-80(68)90)72-49-45-70(46-50-72)78-30-14-22-66-18-6-10-26-76(66)78/h5-60H,1-4H3. The Kier molecular flexibility index (Phi) is 13.6. The quantitative estimate of drug-likeness (QED) is 0.113. The van der Waals surface area contributed by atoms with E-state index < -0.39 is 0 Å². The lowest BCUT2D eigenvalue weighted by Crippen LogP contribution is -2.17. The number of fused-ring (bicyclic) bond motifs is 10. The second-order valence-electron chi connectivity index (χ2n) is 26.5. The van der Waals surface area contributed by atoms with Gasteiger partial charge in [-0.2, -0.15) is 0 Å². The molecule has 0 aliphatic heterocycles. The van der Waals surface area contributed by atoms with Crippen LogP contribution in [0.3, 0.4) is 0 Å². The fourth-order valence-corrected chi connectivity index (χ4v) is 15.3. The zero-order chi connectivity index (χ0) is 63.1. The van der Waals surface area contributed by atoms with Crippen molar-refractivity contribution in [3.63, 3.8) is 0 Å². The molecule has 0 amide bonds. The zero-order valence-corrected chi connectivity index (χ0v) is 53.2. The van der Waals surface area contributed by atoms with Gasteiger partial charge in [0.2, 0.25) is 0 Å². The SMILES string of the molecule is CC1(C)c2cc(C=Cc3ccc(C=Cc4ccc5c(c4)C(C)(C)c4cc(N(c6ccc(-c7cccc8ccccc78)cc6)c6cccc7ccccc67)ccc4-5)cc3)ccc2-c2ccc(N(c3ccc(-c4cccc5ccccc45)cc3)c3cccc4ccccc34)cc21. The van der Waals surface area contributed by atoms with Crippen molar-refractivity contribution >= 4 is 102 Å². The molecule has 2 aliphatic carbocycles. The van der Waals surface area contributed by atoms with Crippen molar-refractivity contribution in [2.45, 2.75) is 38.5 Å². The van der Waals surface area contributed by atoms with E-state index in [-0.39, 0.29) is 10.8 Å². The molecule has 15 aromatic rings. The summed E-state index contributed by atoms with van der Waals surface area (Å²) >= 11 is 0. The number of hydrogen-bond acceptors (Lipinski definition) is 2. The van der Waals surface area contributed by atoms with Gasteiger partial charge in [-0.25, -0.2) is 0 Å². The molecule has 0 radical (unpaired) electrons. The second-order valence-corrected chi connectivity index (χ2v) is 26.5. The highest BCUT2D eigenvalue weighted by atomic mass is 15.1. The number of nitrogens with zero attached hydrogens (tertiary/aromatic N) is 2. The first-order valence-corrected chi connectivity index (χ1v) is 32.9. The van der Waals surface area contributed by atoms with Crippen LogP contribution in [0.2, 0.25) is 0 Å². The van der Waals surface area contributed by atoms with E-state index in [0.29, 0.717) is 0 Å². The maximum absolute atomic E-state index is 2.45. The minimum absolute atomic E-state index is 0.224. The molecule has 446 valence electrons. The first-order valence-electron chi connectivity index (χ1n) is 32.9. The largest absolute Gasteiger partial charge is 0.310 e. The first kappa shape index (κ1) is 56.4. The van der Waals surface area contributed by atoms with Crippen LogP contribution in [0.15, 0.2) is 315 Å². The summed E-state index contributed by atoms with van der Waals surface area (Å²) < 4.78 is 0. The second kappa shape index (κ2) is 22.7. The first-order chi connectivity index (χ1) is 46.1. The van der Waals surface area contributed by atoms with Crippen molar-refractivity contribution in [1.82, 2.24) is 0 Å². The monoisotopic (exact) mass is 1200 g/mol. The van der Waals surface area contributed by atoms with Gasteiger partial charge < -0.3 is 9.80 Å². The van der Waals surface area contributed by atoms with Gasteiger partial charge in [0, 0.05) is 44.4 Å². The lowest BCUT2D eigenvalue weighted by Gasteiger charge is -2.29. The van der Waals surface area contributed by atoms with E-state index in [1.54, 1.807) is 0 Å². The Balaban J connectivity index is 0.612. The molecule has 0 fully saturated rings. The van der Waals surface area contributed by atoms with E-state index in [1.165, 1.54) is 121 Å². The van der Waals surface area contributed by atoms with Crippen LogP contribution in [0.5, 0.6) is 0 Å². The predicted molar refractivity (Wildman–Crippen MR) is 403 cm³/mol. The van der Waals surface area contributed by atoms with Crippen LogP contribution in [0.4, 0.5) is 34.1 Å². The molecular weight excluding hydrogens is 1130 g/mol. The van der Waals surface area contributed by atoms with Crippen molar-refractivity contribution < 1.29 is 0 Å². The van der Waals surface area contributed by atoms with Gasteiger partial charge in [-0.15, -0.1) is 0 Å². The number of benzene rings is 15. The average Bonchev–Trinajstić information content (AvgIpc) is 1.57. The topological polar surface area (TPSA) is 6.48 Å². The Morgan fingerprint density at radius 2 is 0.511 bits per heavy atom. The highest BCUT2D eigenvalue weighted by Gasteiger charge is 2.38. The van der Waals surface area contributed by atoms with Crippen molar-refractivity contribution in [3.8, 4) is 44.5 Å². The third-order valence-electron chi connectivity index (χ3n) is 20.2. The fraction of sp³-hybridized carbons (Fsp3) is 0.0652. The molecule has 0 atom stereocenters. The van der Waals surface area contributed by atoms with Gasteiger partial charge in [0.25, 0.3) is 0 Å². The lowest BCUT2D eigenvalue weighted by atomic mass is 9.81. The molecular formula is C92H68N2. The fourth-order valence-electron chi connectivity index (χ4n) is 15.3. The summed E-state index contributed by atoms with van der Waals surface area (Å²) in [6.45, 7) is 9.54. The highest BCUT2D eigenvalue weighted by Crippen LogP contribution is 2.54. The Morgan fingerprint density at radius 1 is 0.223 bits per heavy atom. The van der Waals surface area contributed by atoms with Gasteiger partial charge in [0.05, 0.1) is 11.4 Å². The summed E-state index contributed by atoms with van der Waals surface area (Å²) in [4.78, 5) is 4.89. The van der Waals surface area contributed by atoms with E-state index in [4.69, 9.17) is 0 Å². The Labute approximate surface area is 551 Å². The number of rotatable bonds is 12. The minimum Gasteiger partial charge on any atom is -0.310 e. The number of hydrogen-bond donors (Lipinski definition) is 0. The van der Waals surface area contributed by atoms with Crippen LogP contribution in [0.1, 0.15) is 72.2 Å². The van der Waals surface area contributed by atoms with Crippen LogP contribution in [0, 0.1) is 0 Å². The van der Waals surface area contributed by atoms with Crippen molar-refractivity contribution in [2.24, 2.45) is 0 Å².